The second-order valence-corrected chi connectivity index (χ2v) is 3.48. The summed E-state index contributed by atoms with van der Waals surface area (Å²) >= 11 is 1.06. The number of carboxylic acid groups (broad SMARTS) is 1. The topological polar surface area (TPSA) is 82.5 Å². The Labute approximate surface area is 84.4 Å². The molecular weight excluding hydrogens is 204 g/mol. The average Bonchev–Trinajstić information content (AvgIpc) is 2.52. The number of amides is 1. The molecule has 0 saturated heterocycles. The van der Waals surface area contributed by atoms with Crippen LogP contribution in [0, 0.1) is 12.3 Å². The molecule has 14 heavy (non-hydrogen) atoms. The molecule has 74 valence electrons. The molecule has 0 aliphatic rings. The lowest BCUT2D eigenvalue weighted by Crippen LogP contribution is -2.06. The molecule has 1 rings (SSSR count). The summed E-state index contributed by atoms with van der Waals surface area (Å²) in [5.74, 6) is 2.31. The Bertz CT molecular complexity index is 369. The Morgan fingerprint density at radius 2 is 2.57 bits per heavy atom. The molecule has 0 aliphatic carbocycles. The summed E-state index contributed by atoms with van der Waals surface area (Å²) in [7, 11) is 0. The summed E-state index contributed by atoms with van der Waals surface area (Å²) in [4.78, 5) is 14.5. The molecule has 0 spiro atoms. The van der Waals surface area contributed by atoms with Gasteiger partial charge in [0.15, 0.2) is 5.13 Å². The highest BCUT2D eigenvalue weighted by Gasteiger charge is 2.11. The van der Waals surface area contributed by atoms with E-state index in [0.717, 1.165) is 11.3 Å². The number of nitrogens with one attached hydrogen (secondary N) is 1. The predicted molar refractivity (Wildman–Crippen MR) is 52.2 cm³/mol. The molecule has 0 bridgehead atoms. The van der Waals surface area contributed by atoms with Crippen molar-refractivity contribution in [1.82, 2.24) is 4.98 Å². The summed E-state index contributed by atoms with van der Waals surface area (Å²) < 4.78 is 0. The highest BCUT2D eigenvalue weighted by molar-refractivity contribution is 7.15. The molecule has 1 unspecified atom stereocenters. The van der Waals surface area contributed by atoms with Gasteiger partial charge >= 0.3 is 6.09 Å². The Kier molecular flexibility index (Phi) is 3.45. The Morgan fingerprint density at radius 3 is 3.14 bits per heavy atom. The third kappa shape index (κ3) is 2.73. The van der Waals surface area contributed by atoms with Gasteiger partial charge in [0, 0.05) is 12.6 Å². The van der Waals surface area contributed by atoms with Gasteiger partial charge in [0.05, 0.1) is 4.88 Å². The van der Waals surface area contributed by atoms with E-state index in [1.54, 1.807) is 0 Å². The van der Waals surface area contributed by atoms with Crippen LogP contribution in [0.25, 0.3) is 0 Å². The number of hydrogen-bond acceptors (Lipinski definition) is 4. The number of rotatable bonds is 3. The highest BCUT2D eigenvalue weighted by Crippen LogP contribution is 2.25. The van der Waals surface area contributed by atoms with Crippen LogP contribution in [0.1, 0.15) is 17.4 Å². The molecule has 1 aromatic rings. The first-order chi connectivity index (χ1) is 6.63. The van der Waals surface area contributed by atoms with E-state index in [4.69, 9.17) is 11.5 Å². The normalized spacial score (nSPS) is 11.7. The van der Waals surface area contributed by atoms with Crippen molar-refractivity contribution in [2.75, 3.05) is 5.32 Å². The van der Waals surface area contributed by atoms with Crippen molar-refractivity contribution in [2.45, 2.75) is 12.5 Å². The van der Waals surface area contributed by atoms with E-state index in [-0.39, 0.29) is 11.6 Å². The van der Waals surface area contributed by atoms with Crippen molar-refractivity contribution in [1.29, 1.82) is 0 Å². The monoisotopic (exact) mass is 212 g/mol. The lowest BCUT2D eigenvalue weighted by molar-refractivity contribution is 0.187. The summed E-state index contributed by atoms with van der Waals surface area (Å²) in [6.45, 7) is 0. The molecular formula is C8H8N2O3S. The van der Waals surface area contributed by atoms with Crippen LogP contribution in [0.4, 0.5) is 9.93 Å². The summed E-state index contributed by atoms with van der Waals surface area (Å²) in [6.07, 6.45) is 4.65. The van der Waals surface area contributed by atoms with Gasteiger partial charge in [0.1, 0.15) is 6.10 Å². The molecule has 0 saturated carbocycles. The number of aliphatic hydroxyl groups excluding tert-OH is 1. The molecule has 0 radical (unpaired) electrons. The molecule has 0 aliphatic heterocycles. The van der Waals surface area contributed by atoms with Gasteiger partial charge in [-0.15, -0.1) is 12.3 Å². The Hall–Kier alpha value is -1.58. The van der Waals surface area contributed by atoms with Crippen LogP contribution in [-0.2, 0) is 0 Å². The number of thiazole rings is 1. The Morgan fingerprint density at radius 1 is 1.86 bits per heavy atom. The maximum atomic E-state index is 10.2. The average molecular weight is 212 g/mol. The van der Waals surface area contributed by atoms with Crippen LogP contribution in [0.3, 0.4) is 0 Å². The van der Waals surface area contributed by atoms with Gasteiger partial charge in [-0.2, -0.15) is 0 Å². The standard InChI is InChI=1S/C8H8N2O3S/c1-2-3-5(11)6-4-9-7(14-6)10-8(12)13/h1,4-5,11H,3H2,(H,9,10)(H,12,13). The number of aromatic nitrogens is 1. The second kappa shape index (κ2) is 4.60. The molecule has 6 heteroatoms. The maximum absolute atomic E-state index is 10.2. The van der Waals surface area contributed by atoms with Crippen molar-refractivity contribution in [3.8, 4) is 12.3 Å². The van der Waals surface area contributed by atoms with Crippen molar-refractivity contribution < 1.29 is 15.0 Å². The fraction of sp³-hybridized carbons (Fsp3) is 0.250. The summed E-state index contributed by atoms with van der Waals surface area (Å²) in [5, 5.41) is 20.1. The van der Waals surface area contributed by atoms with Gasteiger partial charge in [-0.3, -0.25) is 5.32 Å². The van der Waals surface area contributed by atoms with Crippen LogP contribution in [0.2, 0.25) is 0 Å². The number of carbonyl (C=O) groups is 1. The fourth-order valence-electron chi connectivity index (χ4n) is 0.802. The quantitative estimate of drug-likeness (QED) is 0.659. The third-order valence-corrected chi connectivity index (χ3v) is 2.39. The zero-order valence-electron chi connectivity index (χ0n) is 7.10. The molecule has 0 aromatic carbocycles. The highest BCUT2D eigenvalue weighted by atomic mass is 32.1. The van der Waals surface area contributed by atoms with E-state index >= 15 is 0 Å². The molecule has 1 amide bonds. The maximum Gasteiger partial charge on any atom is 0.410 e. The molecule has 1 aromatic heterocycles. The molecule has 1 heterocycles. The van der Waals surface area contributed by atoms with Gasteiger partial charge in [-0.1, -0.05) is 11.3 Å². The molecule has 5 nitrogen and oxygen atoms in total. The number of hydrogen-bond donors (Lipinski definition) is 3. The molecule has 0 fully saturated rings. The summed E-state index contributed by atoms with van der Waals surface area (Å²) in [6, 6.07) is 0. The fourth-order valence-corrected chi connectivity index (χ4v) is 1.59. The van der Waals surface area contributed by atoms with Crippen molar-refractivity contribution in [3.05, 3.63) is 11.1 Å². The van der Waals surface area contributed by atoms with E-state index in [9.17, 15) is 9.90 Å². The largest absolute Gasteiger partial charge is 0.465 e. The van der Waals surface area contributed by atoms with Crippen LogP contribution >= 0.6 is 11.3 Å². The van der Waals surface area contributed by atoms with Crippen LogP contribution in [0.5, 0.6) is 0 Å². The number of anilines is 1. The molecule has 1 atom stereocenters. The third-order valence-electron chi connectivity index (χ3n) is 1.38. The molecule has 3 N–H and O–H groups in total. The minimum atomic E-state index is -1.18. The van der Waals surface area contributed by atoms with Gasteiger partial charge in [-0.25, -0.2) is 9.78 Å². The SMILES string of the molecule is C#CCC(O)c1cnc(NC(=O)O)s1. The predicted octanol–water partition coefficient (Wildman–Crippen LogP) is 1.29. The minimum Gasteiger partial charge on any atom is -0.465 e. The Balaban J connectivity index is 2.68. The number of terminal acetylenes is 1. The van der Waals surface area contributed by atoms with Gasteiger partial charge in [-0.05, 0) is 0 Å². The number of aliphatic hydroxyl groups is 1. The van der Waals surface area contributed by atoms with Gasteiger partial charge in [0.2, 0.25) is 0 Å². The zero-order valence-corrected chi connectivity index (χ0v) is 7.91. The van der Waals surface area contributed by atoms with Gasteiger partial charge in [0.25, 0.3) is 0 Å². The van der Waals surface area contributed by atoms with Crippen LogP contribution in [-0.4, -0.2) is 21.3 Å². The zero-order chi connectivity index (χ0) is 10.6. The lowest BCUT2D eigenvalue weighted by atomic mass is 10.2. The smallest absolute Gasteiger partial charge is 0.410 e. The van der Waals surface area contributed by atoms with E-state index in [2.05, 4.69) is 16.2 Å². The van der Waals surface area contributed by atoms with E-state index in [0.29, 0.717) is 4.88 Å². The van der Waals surface area contributed by atoms with Gasteiger partial charge < -0.3 is 10.2 Å². The number of nitrogens with zero attached hydrogens (tertiary/aromatic N) is 1. The minimum absolute atomic E-state index is 0.189. The summed E-state index contributed by atoms with van der Waals surface area (Å²) in [5.41, 5.74) is 0. The first-order valence-electron chi connectivity index (χ1n) is 3.70. The van der Waals surface area contributed by atoms with Crippen molar-refractivity contribution in [2.24, 2.45) is 0 Å². The van der Waals surface area contributed by atoms with Crippen LogP contribution in [0.15, 0.2) is 6.20 Å². The first-order valence-corrected chi connectivity index (χ1v) is 4.52. The van der Waals surface area contributed by atoms with Crippen LogP contribution < -0.4 is 5.32 Å². The van der Waals surface area contributed by atoms with E-state index in [1.807, 2.05) is 0 Å². The lowest BCUT2D eigenvalue weighted by Gasteiger charge is -2.00. The second-order valence-electron chi connectivity index (χ2n) is 2.42. The van der Waals surface area contributed by atoms with E-state index in [1.165, 1.54) is 6.20 Å². The van der Waals surface area contributed by atoms with Crippen molar-refractivity contribution in [3.63, 3.8) is 0 Å². The van der Waals surface area contributed by atoms with Crippen molar-refractivity contribution >= 4 is 22.6 Å². The van der Waals surface area contributed by atoms with E-state index < -0.39 is 12.2 Å². The first kappa shape index (κ1) is 10.5.